The number of carbonyl (C=O) groups excluding carboxylic acids is 2. The number of aliphatic carboxylic acids is 1. The maximum atomic E-state index is 12.9. The standard InChI is InChI=1S/C68H121NO8/c1-6-8-10-12-14-16-18-20-22-24-26-28-29-30-31-32-33-34-35-36-37-39-40-42-44-46-48-50-52-54-56-58-65(70)75-62-64(63-76-68(67(72)73)74-61-60-69(3,4)5)77-66(71)59-57-55-53-51-49-47-45-43-41-38-27-25-23-21-19-17-15-13-11-9-7-2/h9,11,15,17-18,20-21,23-24,26-27,38,64,68H,6-8,10,12-14,16,19,22,25,28-37,39-63H2,1-5H3/p+1/b11-9-,17-15-,20-18-,23-21-,26-24-,38-27-. The minimum atomic E-state index is -1.51. The number of carboxylic acids is 1. The monoisotopic (exact) mass is 1080 g/mol. The van der Waals surface area contributed by atoms with E-state index in [0.717, 1.165) is 77.0 Å². The predicted molar refractivity (Wildman–Crippen MR) is 327 cm³/mol. The third-order valence-corrected chi connectivity index (χ3v) is 13.9. The number of hydrogen-bond acceptors (Lipinski definition) is 7. The highest BCUT2D eigenvalue weighted by Gasteiger charge is 2.25. The van der Waals surface area contributed by atoms with Crippen molar-refractivity contribution in [1.82, 2.24) is 0 Å². The number of ether oxygens (including phenoxy) is 4. The summed E-state index contributed by atoms with van der Waals surface area (Å²) in [6, 6.07) is 0. The Morgan fingerprint density at radius 3 is 1.10 bits per heavy atom. The molecule has 1 N–H and O–H groups in total. The minimum absolute atomic E-state index is 0.184. The highest BCUT2D eigenvalue weighted by Crippen LogP contribution is 2.17. The quantitative estimate of drug-likeness (QED) is 0.0211. The van der Waals surface area contributed by atoms with Gasteiger partial charge in [0, 0.05) is 12.8 Å². The van der Waals surface area contributed by atoms with Crippen molar-refractivity contribution < 1.29 is 42.9 Å². The van der Waals surface area contributed by atoms with Crippen molar-refractivity contribution in [2.24, 2.45) is 0 Å². The zero-order valence-corrected chi connectivity index (χ0v) is 50.9. The first-order valence-electron chi connectivity index (χ1n) is 32.1. The molecule has 0 rings (SSSR count). The van der Waals surface area contributed by atoms with Crippen LogP contribution in [0.5, 0.6) is 0 Å². The van der Waals surface area contributed by atoms with E-state index in [1.165, 1.54) is 173 Å². The van der Waals surface area contributed by atoms with Crippen LogP contribution in [0.15, 0.2) is 72.9 Å². The van der Waals surface area contributed by atoms with E-state index in [4.69, 9.17) is 18.9 Å². The van der Waals surface area contributed by atoms with Crippen molar-refractivity contribution in [3.63, 3.8) is 0 Å². The van der Waals surface area contributed by atoms with Crippen molar-refractivity contribution in [2.75, 3.05) is 47.5 Å². The van der Waals surface area contributed by atoms with E-state index < -0.39 is 24.3 Å². The number of hydrogen-bond donors (Lipinski definition) is 1. The molecule has 0 aliphatic carbocycles. The number of rotatable bonds is 59. The molecule has 2 unspecified atom stereocenters. The van der Waals surface area contributed by atoms with Crippen LogP contribution >= 0.6 is 0 Å². The van der Waals surface area contributed by atoms with Gasteiger partial charge in [0.2, 0.25) is 0 Å². The van der Waals surface area contributed by atoms with Gasteiger partial charge in [-0.25, -0.2) is 4.79 Å². The molecule has 0 aromatic heterocycles. The molecule has 0 aromatic rings. The number of carboxylic acid groups (broad SMARTS) is 1. The van der Waals surface area contributed by atoms with E-state index in [9.17, 15) is 19.5 Å². The van der Waals surface area contributed by atoms with Crippen LogP contribution in [0.25, 0.3) is 0 Å². The minimum Gasteiger partial charge on any atom is -0.477 e. The van der Waals surface area contributed by atoms with Crippen LogP contribution in [-0.2, 0) is 33.3 Å². The maximum Gasteiger partial charge on any atom is 0.361 e. The van der Waals surface area contributed by atoms with Crippen molar-refractivity contribution in [3.05, 3.63) is 72.9 Å². The molecule has 2 atom stereocenters. The summed E-state index contributed by atoms with van der Waals surface area (Å²) in [6.45, 7) is 4.77. The highest BCUT2D eigenvalue weighted by atomic mass is 16.7. The van der Waals surface area contributed by atoms with Crippen LogP contribution in [0, 0.1) is 0 Å². The van der Waals surface area contributed by atoms with Crippen LogP contribution in [0.1, 0.15) is 284 Å². The van der Waals surface area contributed by atoms with Crippen molar-refractivity contribution in [3.8, 4) is 0 Å². The molecule has 0 saturated carbocycles. The number of carbonyl (C=O) groups is 3. The molecular formula is C68H122NO8+. The zero-order chi connectivity index (χ0) is 56.2. The second kappa shape index (κ2) is 58.9. The normalized spacial score (nSPS) is 13.2. The van der Waals surface area contributed by atoms with E-state index >= 15 is 0 Å². The Kier molecular flexibility index (Phi) is 56.4. The third-order valence-electron chi connectivity index (χ3n) is 13.9. The second-order valence-corrected chi connectivity index (χ2v) is 22.7. The van der Waals surface area contributed by atoms with E-state index in [0.29, 0.717) is 23.9 Å². The Morgan fingerprint density at radius 1 is 0.403 bits per heavy atom. The first-order chi connectivity index (χ1) is 37.6. The summed E-state index contributed by atoms with van der Waals surface area (Å²) in [6.07, 6.45) is 74.3. The molecule has 0 fully saturated rings. The molecule has 0 aliphatic heterocycles. The molecule has 0 amide bonds. The molecule has 9 nitrogen and oxygen atoms in total. The highest BCUT2D eigenvalue weighted by molar-refractivity contribution is 5.71. The van der Waals surface area contributed by atoms with Gasteiger partial charge in [-0.1, -0.05) is 260 Å². The molecule has 0 heterocycles. The van der Waals surface area contributed by atoms with Gasteiger partial charge >= 0.3 is 17.9 Å². The van der Waals surface area contributed by atoms with Gasteiger partial charge in [-0.15, -0.1) is 0 Å². The van der Waals surface area contributed by atoms with Crippen LogP contribution in [0.4, 0.5) is 0 Å². The Balaban J connectivity index is 4.13. The summed E-state index contributed by atoms with van der Waals surface area (Å²) in [4.78, 5) is 37.5. The summed E-state index contributed by atoms with van der Waals surface area (Å²) >= 11 is 0. The summed E-state index contributed by atoms with van der Waals surface area (Å²) < 4.78 is 22.9. The van der Waals surface area contributed by atoms with E-state index in [2.05, 4.69) is 86.8 Å². The number of nitrogens with zero attached hydrogens (tertiary/aromatic N) is 1. The summed E-state index contributed by atoms with van der Waals surface area (Å²) in [5, 5.41) is 9.72. The average Bonchev–Trinajstić information content (AvgIpc) is 3.40. The first-order valence-corrected chi connectivity index (χ1v) is 32.1. The summed E-state index contributed by atoms with van der Waals surface area (Å²) in [7, 11) is 5.97. The van der Waals surface area contributed by atoms with Crippen LogP contribution in [0.2, 0.25) is 0 Å². The van der Waals surface area contributed by atoms with Gasteiger partial charge in [-0.05, 0) is 83.5 Å². The van der Waals surface area contributed by atoms with Gasteiger partial charge in [-0.3, -0.25) is 9.59 Å². The number of esters is 2. The number of likely N-dealkylation sites (N-methyl/N-ethyl adjacent to an activating group) is 1. The Bertz CT molecular complexity index is 1490. The fraction of sp³-hybridized carbons (Fsp3) is 0.779. The van der Waals surface area contributed by atoms with Gasteiger partial charge in [0.1, 0.15) is 13.2 Å². The Hall–Kier alpha value is -3.27. The lowest BCUT2D eigenvalue weighted by Crippen LogP contribution is -2.40. The maximum absolute atomic E-state index is 12.9. The second-order valence-electron chi connectivity index (χ2n) is 22.7. The number of unbranched alkanes of at least 4 members (excludes halogenated alkanes) is 32. The molecule has 0 radical (unpaired) electrons. The number of allylic oxidation sites excluding steroid dienone is 12. The smallest absolute Gasteiger partial charge is 0.361 e. The Morgan fingerprint density at radius 2 is 0.740 bits per heavy atom. The van der Waals surface area contributed by atoms with Crippen molar-refractivity contribution in [1.29, 1.82) is 0 Å². The predicted octanol–water partition coefficient (Wildman–Crippen LogP) is 19.4. The molecule has 9 heteroatoms. The van der Waals surface area contributed by atoms with Crippen LogP contribution < -0.4 is 0 Å². The molecule has 0 spiro atoms. The van der Waals surface area contributed by atoms with Gasteiger partial charge in [0.15, 0.2) is 6.10 Å². The largest absolute Gasteiger partial charge is 0.477 e. The van der Waals surface area contributed by atoms with Gasteiger partial charge in [-0.2, -0.15) is 0 Å². The average molecular weight is 1080 g/mol. The zero-order valence-electron chi connectivity index (χ0n) is 50.9. The molecule has 446 valence electrons. The van der Waals surface area contributed by atoms with Gasteiger partial charge in [0.05, 0.1) is 34.4 Å². The molecular weight excluding hydrogens is 959 g/mol. The van der Waals surface area contributed by atoms with E-state index in [1.807, 2.05) is 21.1 Å². The molecule has 0 aliphatic rings. The first kappa shape index (κ1) is 73.7. The topological polar surface area (TPSA) is 108 Å². The lowest BCUT2D eigenvalue weighted by Gasteiger charge is -2.25. The third kappa shape index (κ3) is 60.2. The molecule has 77 heavy (non-hydrogen) atoms. The van der Waals surface area contributed by atoms with Crippen LogP contribution in [0.3, 0.4) is 0 Å². The van der Waals surface area contributed by atoms with Gasteiger partial charge in [0.25, 0.3) is 6.29 Å². The lowest BCUT2D eigenvalue weighted by molar-refractivity contribution is -0.870. The van der Waals surface area contributed by atoms with E-state index in [1.54, 1.807) is 0 Å². The van der Waals surface area contributed by atoms with Crippen LogP contribution in [-0.4, -0.2) is 87.4 Å². The fourth-order valence-electron chi connectivity index (χ4n) is 9.04. The summed E-state index contributed by atoms with van der Waals surface area (Å²) in [5.41, 5.74) is 0. The molecule has 0 aromatic carbocycles. The van der Waals surface area contributed by atoms with Gasteiger partial charge < -0.3 is 28.5 Å². The SMILES string of the molecule is CC/C=C\C/C=C\C/C=C\C/C=C\CCCCCCCCCCC(=O)OC(COC(=O)CCCCCCCCCCCCCCCCCCCCC/C=C\C/C=C\CCCCCCC)COC(OCC[N+](C)(C)C)C(=O)O. The molecule has 0 bridgehead atoms. The van der Waals surface area contributed by atoms with Crippen molar-refractivity contribution in [2.45, 2.75) is 296 Å². The Labute approximate surface area is 475 Å². The lowest BCUT2D eigenvalue weighted by atomic mass is 10.0. The van der Waals surface area contributed by atoms with E-state index in [-0.39, 0.29) is 32.2 Å². The fourth-order valence-corrected chi connectivity index (χ4v) is 9.04. The molecule has 0 saturated heterocycles. The number of quaternary nitrogens is 1. The summed E-state index contributed by atoms with van der Waals surface area (Å²) in [5.74, 6) is -2.01. The van der Waals surface area contributed by atoms with Crippen molar-refractivity contribution >= 4 is 17.9 Å².